The molecule has 0 aromatic heterocycles. The summed E-state index contributed by atoms with van der Waals surface area (Å²) in [7, 11) is 0. The standard InChI is InChI=1S/C26H29N5O/c27-17-19-3-1-4-21(15-19)20-7-9-22(10-8-20)26(11-13-29-14-12-26)18-30-25(32)31-24-6-2-5-23(28)16-24/h1-10,15-16,25,29-32H,11-14,18,28H2. The monoisotopic (exact) mass is 427 g/mol. The van der Waals surface area contributed by atoms with Crippen LogP contribution in [0.5, 0.6) is 0 Å². The van der Waals surface area contributed by atoms with Gasteiger partial charge < -0.3 is 21.5 Å². The molecule has 0 radical (unpaired) electrons. The lowest BCUT2D eigenvalue weighted by Gasteiger charge is -2.39. The van der Waals surface area contributed by atoms with Crippen molar-refractivity contribution in [2.75, 3.05) is 30.7 Å². The zero-order valence-corrected chi connectivity index (χ0v) is 18.0. The fourth-order valence-corrected chi connectivity index (χ4v) is 4.39. The molecule has 0 saturated carbocycles. The van der Waals surface area contributed by atoms with Crippen LogP contribution >= 0.6 is 0 Å². The van der Waals surface area contributed by atoms with Crippen molar-refractivity contribution in [2.45, 2.75) is 24.6 Å². The lowest BCUT2D eigenvalue weighted by atomic mass is 9.73. The SMILES string of the molecule is N#Cc1cccc(-c2ccc(C3(CNC(O)Nc4cccc(N)c4)CCNCC3)cc2)c1. The molecular weight excluding hydrogens is 398 g/mol. The number of piperidine rings is 1. The predicted molar refractivity (Wildman–Crippen MR) is 129 cm³/mol. The summed E-state index contributed by atoms with van der Waals surface area (Å²) in [6.07, 6.45) is 1.08. The molecule has 1 heterocycles. The van der Waals surface area contributed by atoms with E-state index in [1.54, 1.807) is 6.07 Å². The van der Waals surface area contributed by atoms with Gasteiger partial charge in [0.1, 0.15) is 0 Å². The largest absolute Gasteiger partial charge is 0.399 e. The van der Waals surface area contributed by atoms with Crippen LogP contribution < -0.4 is 21.7 Å². The Hall–Kier alpha value is -3.37. The number of rotatable bonds is 7. The Balaban J connectivity index is 1.49. The molecule has 1 fully saturated rings. The lowest BCUT2D eigenvalue weighted by Crippen LogP contribution is -2.50. The first-order chi connectivity index (χ1) is 15.6. The first kappa shape index (κ1) is 21.8. The van der Waals surface area contributed by atoms with E-state index in [1.807, 2.05) is 42.5 Å². The fraction of sp³-hybridized carbons (Fsp3) is 0.269. The van der Waals surface area contributed by atoms with Crippen molar-refractivity contribution in [3.8, 4) is 17.2 Å². The highest BCUT2D eigenvalue weighted by molar-refractivity contribution is 5.65. The Morgan fingerprint density at radius 1 is 1.00 bits per heavy atom. The van der Waals surface area contributed by atoms with Crippen molar-refractivity contribution in [1.82, 2.24) is 10.6 Å². The van der Waals surface area contributed by atoms with Gasteiger partial charge in [-0.2, -0.15) is 5.26 Å². The molecule has 1 aliphatic rings. The minimum atomic E-state index is -0.878. The molecule has 0 spiro atoms. The number of nitrogens with two attached hydrogens (primary N) is 1. The summed E-state index contributed by atoms with van der Waals surface area (Å²) in [6, 6.07) is 25.8. The van der Waals surface area contributed by atoms with Crippen molar-refractivity contribution in [3.63, 3.8) is 0 Å². The Morgan fingerprint density at radius 3 is 2.47 bits per heavy atom. The zero-order chi connectivity index (χ0) is 22.4. The third kappa shape index (κ3) is 5.09. The van der Waals surface area contributed by atoms with Crippen molar-refractivity contribution in [3.05, 3.63) is 83.9 Å². The van der Waals surface area contributed by atoms with Crippen LogP contribution in [0.15, 0.2) is 72.8 Å². The van der Waals surface area contributed by atoms with Crippen molar-refractivity contribution < 1.29 is 5.11 Å². The van der Waals surface area contributed by atoms with Crippen molar-refractivity contribution in [2.24, 2.45) is 0 Å². The molecule has 1 atom stereocenters. The highest BCUT2D eigenvalue weighted by atomic mass is 16.3. The maximum Gasteiger partial charge on any atom is 0.181 e. The molecule has 0 aliphatic carbocycles. The maximum absolute atomic E-state index is 10.5. The second-order valence-corrected chi connectivity index (χ2v) is 8.35. The number of hydrogen-bond donors (Lipinski definition) is 5. The number of nitrogens with one attached hydrogen (secondary N) is 3. The smallest absolute Gasteiger partial charge is 0.181 e. The number of hydrogen-bond acceptors (Lipinski definition) is 6. The number of aliphatic hydroxyl groups excluding tert-OH is 1. The normalized spacial score (nSPS) is 16.1. The van der Waals surface area contributed by atoms with E-state index in [1.165, 1.54) is 5.56 Å². The van der Waals surface area contributed by atoms with Gasteiger partial charge in [-0.05, 0) is 73.0 Å². The molecule has 6 heteroatoms. The zero-order valence-electron chi connectivity index (χ0n) is 18.0. The maximum atomic E-state index is 10.5. The fourth-order valence-electron chi connectivity index (χ4n) is 4.39. The first-order valence-corrected chi connectivity index (χ1v) is 10.9. The number of nitrogens with zero attached hydrogens (tertiary/aromatic N) is 1. The van der Waals surface area contributed by atoms with Crippen LogP contribution in [-0.2, 0) is 5.41 Å². The van der Waals surface area contributed by atoms with Gasteiger partial charge in [0.15, 0.2) is 6.35 Å². The third-order valence-electron chi connectivity index (χ3n) is 6.21. The molecule has 6 nitrogen and oxygen atoms in total. The van der Waals surface area contributed by atoms with Crippen LogP contribution in [0, 0.1) is 11.3 Å². The van der Waals surface area contributed by atoms with E-state index < -0.39 is 6.35 Å². The summed E-state index contributed by atoms with van der Waals surface area (Å²) in [4.78, 5) is 0. The van der Waals surface area contributed by atoms with Crippen LogP contribution in [0.1, 0.15) is 24.0 Å². The van der Waals surface area contributed by atoms with Crippen molar-refractivity contribution in [1.29, 1.82) is 5.26 Å². The van der Waals surface area contributed by atoms with E-state index in [0.29, 0.717) is 17.8 Å². The van der Waals surface area contributed by atoms with E-state index >= 15 is 0 Å². The molecule has 1 aliphatic heterocycles. The van der Waals surface area contributed by atoms with Crippen LogP contribution in [0.2, 0.25) is 0 Å². The van der Waals surface area contributed by atoms with E-state index in [2.05, 4.69) is 46.3 Å². The van der Waals surface area contributed by atoms with Gasteiger partial charge >= 0.3 is 0 Å². The highest BCUT2D eigenvalue weighted by Gasteiger charge is 2.34. The number of anilines is 2. The summed E-state index contributed by atoms with van der Waals surface area (Å²) < 4.78 is 0. The van der Waals surface area contributed by atoms with Gasteiger partial charge in [-0.1, -0.05) is 42.5 Å². The molecule has 1 saturated heterocycles. The van der Waals surface area contributed by atoms with E-state index in [0.717, 1.165) is 42.7 Å². The second kappa shape index (κ2) is 9.84. The molecule has 32 heavy (non-hydrogen) atoms. The number of aliphatic hydroxyl groups is 1. The lowest BCUT2D eigenvalue weighted by molar-refractivity contribution is 0.146. The average Bonchev–Trinajstić information content (AvgIpc) is 2.83. The molecule has 6 N–H and O–H groups in total. The molecular formula is C26H29N5O. The van der Waals surface area contributed by atoms with Gasteiger partial charge in [0.2, 0.25) is 0 Å². The van der Waals surface area contributed by atoms with Crippen LogP contribution in [0.3, 0.4) is 0 Å². The molecule has 4 rings (SSSR count). The second-order valence-electron chi connectivity index (χ2n) is 8.35. The van der Waals surface area contributed by atoms with Gasteiger partial charge in [-0.15, -0.1) is 0 Å². The van der Waals surface area contributed by atoms with Gasteiger partial charge in [-0.25, -0.2) is 0 Å². The molecule has 164 valence electrons. The summed E-state index contributed by atoms with van der Waals surface area (Å²) in [5.74, 6) is 0. The van der Waals surface area contributed by atoms with Crippen LogP contribution in [0.25, 0.3) is 11.1 Å². The summed E-state index contributed by atoms with van der Waals surface area (Å²) in [5, 5.41) is 29.5. The molecule has 3 aromatic carbocycles. The molecule has 0 bridgehead atoms. The number of nitrogen functional groups attached to an aromatic ring is 1. The number of nitriles is 1. The van der Waals surface area contributed by atoms with E-state index in [4.69, 9.17) is 5.73 Å². The van der Waals surface area contributed by atoms with Crippen LogP contribution in [0.4, 0.5) is 11.4 Å². The summed E-state index contributed by atoms with van der Waals surface area (Å²) >= 11 is 0. The highest BCUT2D eigenvalue weighted by Crippen LogP contribution is 2.34. The third-order valence-corrected chi connectivity index (χ3v) is 6.21. The average molecular weight is 428 g/mol. The molecule has 0 amide bonds. The topological polar surface area (TPSA) is 106 Å². The quantitative estimate of drug-likeness (QED) is 0.292. The minimum Gasteiger partial charge on any atom is -0.399 e. The Kier molecular flexibility index (Phi) is 6.72. The van der Waals surface area contributed by atoms with E-state index in [9.17, 15) is 10.4 Å². The summed E-state index contributed by atoms with van der Waals surface area (Å²) in [5.41, 5.74) is 11.2. The molecule has 3 aromatic rings. The van der Waals surface area contributed by atoms with Crippen LogP contribution in [-0.4, -0.2) is 31.1 Å². The number of benzene rings is 3. The summed E-state index contributed by atoms with van der Waals surface area (Å²) in [6.45, 7) is 2.52. The first-order valence-electron chi connectivity index (χ1n) is 10.9. The van der Waals surface area contributed by atoms with Gasteiger partial charge in [0.25, 0.3) is 0 Å². The van der Waals surface area contributed by atoms with Gasteiger partial charge in [0.05, 0.1) is 11.6 Å². The Morgan fingerprint density at radius 2 is 1.75 bits per heavy atom. The molecule has 1 unspecified atom stereocenters. The van der Waals surface area contributed by atoms with Crippen molar-refractivity contribution >= 4 is 11.4 Å². The Labute approximate surface area is 189 Å². The van der Waals surface area contributed by atoms with Gasteiger partial charge in [-0.3, -0.25) is 5.32 Å². The minimum absolute atomic E-state index is 0.0728. The van der Waals surface area contributed by atoms with Gasteiger partial charge in [0, 0.05) is 23.3 Å². The van der Waals surface area contributed by atoms with E-state index in [-0.39, 0.29) is 5.41 Å². The Bertz CT molecular complexity index is 1080. The predicted octanol–water partition coefficient (Wildman–Crippen LogP) is 3.41.